The zero-order valence-corrected chi connectivity index (χ0v) is 13.7. The molecule has 1 saturated heterocycles. The number of likely N-dealkylation sites (tertiary alicyclic amines) is 1. The summed E-state index contributed by atoms with van der Waals surface area (Å²) >= 11 is 0. The Labute approximate surface area is 138 Å². The van der Waals surface area contributed by atoms with Crippen LogP contribution in [-0.4, -0.2) is 64.2 Å². The summed E-state index contributed by atoms with van der Waals surface area (Å²) < 4.78 is 37.8. The van der Waals surface area contributed by atoms with Crippen LogP contribution >= 0.6 is 0 Å². The molecule has 1 aromatic heterocycles. The Morgan fingerprint density at radius 2 is 2.17 bits per heavy atom. The van der Waals surface area contributed by atoms with Crippen LogP contribution in [0.1, 0.15) is 35.8 Å². The van der Waals surface area contributed by atoms with Gasteiger partial charge in [-0.05, 0) is 26.7 Å². The number of carbonyl (C=O) groups excluding carboxylic acids is 2. The van der Waals surface area contributed by atoms with Crippen molar-refractivity contribution in [2.45, 2.75) is 32.9 Å². The van der Waals surface area contributed by atoms with Crippen molar-refractivity contribution in [1.29, 1.82) is 0 Å². The Kier molecular flexibility index (Phi) is 5.51. The molecule has 9 heteroatoms. The molecule has 0 aliphatic carbocycles. The second-order valence-corrected chi connectivity index (χ2v) is 5.97. The molecule has 2 rings (SSSR count). The maximum Gasteiger partial charge on any atom is 0.406 e. The molecule has 2 heterocycles. The predicted octanol–water partition coefficient (Wildman–Crippen LogP) is 1.98. The number of carbonyl (C=O) groups is 2. The fourth-order valence-electron chi connectivity index (χ4n) is 2.92. The van der Waals surface area contributed by atoms with Crippen LogP contribution in [0.4, 0.5) is 13.2 Å². The van der Waals surface area contributed by atoms with Crippen molar-refractivity contribution in [2.24, 2.45) is 5.92 Å². The molecular weight excluding hydrogens is 325 g/mol. The number of H-pyrrole nitrogens is 1. The first kappa shape index (κ1) is 18.3. The summed E-state index contributed by atoms with van der Waals surface area (Å²) in [6.07, 6.45) is -1.93. The lowest BCUT2D eigenvalue weighted by Gasteiger charge is -2.35. The molecule has 24 heavy (non-hydrogen) atoms. The summed E-state index contributed by atoms with van der Waals surface area (Å²) in [6.45, 7) is 2.59. The number of aromatic amines is 1. The lowest BCUT2D eigenvalue weighted by Crippen LogP contribution is -2.48. The van der Waals surface area contributed by atoms with E-state index in [1.165, 1.54) is 18.0 Å². The Hall–Kier alpha value is -2.06. The molecule has 1 aliphatic rings. The smallest absolute Gasteiger partial charge is 0.338 e. The normalized spacial score (nSPS) is 18.5. The molecule has 0 unspecified atom stereocenters. The van der Waals surface area contributed by atoms with Crippen LogP contribution in [0, 0.1) is 12.8 Å². The maximum absolute atomic E-state index is 12.6. The molecule has 6 nitrogen and oxygen atoms in total. The zero-order valence-electron chi connectivity index (χ0n) is 13.7. The number of amides is 2. The van der Waals surface area contributed by atoms with Crippen LogP contribution in [0.5, 0.6) is 0 Å². The Bertz CT molecular complexity index is 600. The van der Waals surface area contributed by atoms with Gasteiger partial charge in [-0.15, -0.1) is 0 Å². The Morgan fingerprint density at radius 1 is 1.46 bits per heavy atom. The topological polar surface area (TPSA) is 69.3 Å². The molecule has 0 aromatic carbocycles. The van der Waals surface area contributed by atoms with Gasteiger partial charge in [-0.3, -0.25) is 14.7 Å². The quantitative estimate of drug-likeness (QED) is 0.906. The van der Waals surface area contributed by atoms with Crippen LogP contribution in [0.2, 0.25) is 0 Å². The zero-order chi connectivity index (χ0) is 17.9. The first-order valence-electron chi connectivity index (χ1n) is 7.87. The fraction of sp³-hybridized carbons (Fsp3) is 0.667. The lowest BCUT2D eigenvalue weighted by molar-refractivity contribution is -0.164. The standard InChI is InChI=1S/C15H21F3N4O2/c1-3-21(9-15(16,17)18)13(23)11-5-4-6-22(8-11)14(24)12-7-19-20-10(12)2/h7,11H,3-6,8-9H2,1-2H3,(H,19,20)/t11-/m1/s1. The van der Waals surface area contributed by atoms with Crippen molar-refractivity contribution in [2.75, 3.05) is 26.2 Å². The van der Waals surface area contributed by atoms with E-state index in [1.807, 2.05) is 0 Å². The second kappa shape index (κ2) is 7.23. The van der Waals surface area contributed by atoms with Crippen molar-refractivity contribution in [1.82, 2.24) is 20.0 Å². The van der Waals surface area contributed by atoms with E-state index in [4.69, 9.17) is 0 Å². The van der Waals surface area contributed by atoms with Gasteiger partial charge in [0, 0.05) is 25.3 Å². The molecular formula is C15H21F3N4O2. The first-order valence-corrected chi connectivity index (χ1v) is 7.87. The molecule has 0 bridgehead atoms. The van der Waals surface area contributed by atoms with E-state index in [0.29, 0.717) is 30.6 Å². The minimum atomic E-state index is -4.43. The fourth-order valence-corrected chi connectivity index (χ4v) is 2.92. The molecule has 1 aromatic rings. The monoisotopic (exact) mass is 346 g/mol. The largest absolute Gasteiger partial charge is 0.406 e. The highest BCUT2D eigenvalue weighted by molar-refractivity contribution is 5.95. The van der Waals surface area contributed by atoms with Crippen molar-refractivity contribution in [3.63, 3.8) is 0 Å². The number of nitrogens with zero attached hydrogens (tertiary/aromatic N) is 3. The molecule has 1 fully saturated rings. The van der Waals surface area contributed by atoms with Crippen LogP contribution in [0.15, 0.2) is 6.20 Å². The van der Waals surface area contributed by atoms with Crippen molar-refractivity contribution in [3.8, 4) is 0 Å². The van der Waals surface area contributed by atoms with Crippen molar-refractivity contribution < 1.29 is 22.8 Å². The first-order chi connectivity index (χ1) is 11.2. The van der Waals surface area contributed by atoms with Crippen LogP contribution in [0.25, 0.3) is 0 Å². The third kappa shape index (κ3) is 4.27. The summed E-state index contributed by atoms with van der Waals surface area (Å²) in [7, 11) is 0. The minimum absolute atomic E-state index is 0.0103. The van der Waals surface area contributed by atoms with Crippen molar-refractivity contribution >= 4 is 11.8 Å². The molecule has 0 radical (unpaired) electrons. The molecule has 1 atom stereocenters. The summed E-state index contributed by atoms with van der Waals surface area (Å²) in [5.41, 5.74) is 1.05. The van der Waals surface area contributed by atoms with E-state index in [-0.39, 0.29) is 19.0 Å². The van der Waals surface area contributed by atoms with Gasteiger partial charge in [-0.1, -0.05) is 0 Å². The third-order valence-corrected chi connectivity index (χ3v) is 4.18. The summed E-state index contributed by atoms with van der Waals surface area (Å²) in [4.78, 5) is 27.2. The van der Waals surface area contributed by atoms with Crippen LogP contribution in [0.3, 0.4) is 0 Å². The number of nitrogens with one attached hydrogen (secondary N) is 1. The highest BCUT2D eigenvalue weighted by atomic mass is 19.4. The van der Waals surface area contributed by atoms with Crippen LogP contribution < -0.4 is 0 Å². The molecule has 1 N–H and O–H groups in total. The average molecular weight is 346 g/mol. The lowest BCUT2D eigenvalue weighted by atomic mass is 9.95. The van der Waals surface area contributed by atoms with Gasteiger partial charge < -0.3 is 9.80 Å². The molecule has 0 spiro atoms. The number of piperidine rings is 1. The molecule has 1 aliphatic heterocycles. The number of hydrogen-bond acceptors (Lipinski definition) is 3. The van der Waals surface area contributed by atoms with E-state index >= 15 is 0 Å². The van der Waals surface area contributed by atoms with E-state index in [1.54, 1.807) is 6.92 Å². The van der Waals surface area contributed by atoms with Gasteiger partial charge in [0.15, 0.2) is 0 Å². The van der Waals surface area contributed by atoms with Gasteiger partial charge in [0.2, 0.25) is 5.91 Å². The number of rotatable bonds is 4. The van der Waals surface area contributed by atoms with Crippen LogP contribution in [-0.2, 0) is 4.79 Å². The van der Waals surface area contributed by atoms with Gasteiger partial charge in [0.1, 0.15) is 6.54 Å². The van der Waals surface area contributed by atoms with Gasteiger partial charge >= 0.3 is 6.18 Å². The highest BCUT2D eigenvalue weighted by Gasteiger charge is 2.37. The van der Waals surface area contributed by atoms with E-state index in [0.717, 1.165) is 4.90 Å². The van der Waals surface area contributed by atoms with E-state index < -0.39 is 24.5 Å². The molecule has 134 valence electrons. The third-order valence-electron chi connectivity index (χ3n) is 4.18. The summed E-state index contributed by atoms with van der Waals surface area (Å²) in [6, 6.07) is 0. The summed E-state index contributed by atoms with van der Waals surface area (Å²) in [5, 5.41) is 6.48. The number of alkyl halides is 3. The number of aryl methyl sites for hydroxylation is 1. The number of halogens is 3. The minimum Gasteiger partial charge on any atom is -0.338 e. The van der Waals surface area contributed by atoms with Crippen molar-refractivity contribution in [3.05, 3.63) is 17.5 Å². The summed E-state index contributed by atoms with van der Waals surface area (Å²) in [5.74, 6) is -1.40. The average Bonchev–Trinajstić information content (AvgIpc) is 2.96. The maximum atomic E-state index is 12.6. The number of hydrogen-bond donors (Lipinski definition) is 1. The van der Waals surface area contributed by atoms with Gasteiger partial charge in [-0.25, -0.2) is 0 Å². The van der Waals surface area contributed by atoms with Gasteiger partial charge in [-0.2, -0.15) is 18.3 Å². The molecule has 0 saturated carbocycles. The number of aromatic nitrogens is 2. The predicted molar refractivity (Wildman–Crippen MR) is 80.3 cm³/mol. The van der Waals surface area contributed by atoms with E-state index in [2.05, 4.69) is 10.2 Å². The van der Waals surface area contributed by atoms with E-state index in [9.17, 15) is 22.8 Å². The Morgan fingerprint density at radius 3 is 2.71 bits per heavy atom. The molecule has 2 amide bonds. The van der Waals surface area contributed by atoms with Gasteiger partial charge in [0.05, 0.1) is 17.7 Å². The Balaban J connectivity index is 2.05. The SMILES string of the molecule is CCN(CC(F)(F)F)C(=O)[C@@H]1CCCN(C(=O)c2cn[nH]c2C)C1. The highest BCUT2D eigenvalue weighted by Crippen LogP contribution is 2.23. The van der Waals surface area contributed by atoms with Gasteiger partial charge in [0.25, 0.3) is 5.91 Å². The second-order valence-electron chi connectivity index (χ2n) is 5.97.